The molecule has 1 amide bonds. The number of nitrogen functional groups attached to an aromatic ring is 1. The van der Waals surface area contributed by atoms with Gasteiger partial charge in [0.2, 0.25) is 5.91 Å². The van der Waals surface area contributed by atoms with Crippen LogP contribution in [0.2, 0.25) is 0 Å². The fourth-order valence-electron chi connectivity index (χ4n) is 2.18. The van der Waals surface area contributed by atoms with Crippen molar-refractivity contribution in [3.8, 4) is 0 Å². The molecule has 1 aromatic rings. The van der Waals surface area contributed by atoms with Crippen LogP contribution in [-0.2, 0) is 4.79 Å². The van der Waals surface area contributed by atoms with Gasteiger partial charge in [0.1, 0.15) is 0 Å². The average molecular weight is 312 g/mol. The Labute approximate surface area is 115 Å². The van der Waals surface area contributed by atoms with Crippen molar-refractivity contribution in [3.63, 3.8) is 0 Å². The van der Waals surface area contributed by atoms with Gasteiger partial charge in [0.15, 0.2) is 0 Å². The highest BCUT2D eigenvalue weighted by Gasteiger charge is 2.21. The molecule has 1 aromatic carbocycles. The number of aryl methyl sites for hydroxylation is 1. The number of anilines is 2. The van der Waals surface area contributed by atoms with E-state index in [1.54, 1.807) is 0 Å². The van der Waals surface area contributed by atoms with Crippen molar-refractivity contribution in [1.29, 1.82) is 0 Å². The zero-order valence-electron chi connectivity index (χ0n) is 10.4. The summed E-state index contributed by atoms with van der Waals surface area (Å²) in [6.07, 6.45) is 1.78. The Kier molecular flexibility index (Phi) is 4.24. The maximum atomic E-state index is 12.1. The normalized spacial score (nSPS) is 16.6. The summed E-state index contributed by atoms with van der Waals surface area (Å²) in [6, 6.07) is 3.79. The van der Waals surface area contributed by atoms with Crippen LogP contribution < -0.4 is 16.4 Å². The molecule has 1 heterocycles. The number of hydrogen-bond acceptors (Lipinski definition) is 3. The monoisotopic (exact) mass is 311 g/mol. The number of piperidine rings is 1. The molecule has 4 nitrogen and oxygen atoms in total. The van der Waals surface area contributed by atoms with E-state index in [-0.39, 0.29) is 11.8 Å². The molecule has 5 heteroatoms. The van der Waals surface area contributed by atoms with Crippen LogP contribution in [0, 0.1) is 12.8 Å². The lowest BCUT2D eigenvalue weighted by Crippen LogP contribution is -2.34. The highest BCUT2D eigenvalue weighted by molar-refractivity contribution is 9.10. The van der Waals surface area contributed by atoms with Gasteiger partial charge in [0.25, 0.3) is 0 Å². The molecule has 0 atom stereocenters. The summed E-state index contributed by atoms with van der Waals surface area (Å²) in [7, 11) is 0. The van der Waals surface area contributed by atoms with Gasteiger partial charge in [-0.05, 0) is 50.6 Å². The predicted molar refractivity (Wildman–Crippen MR) is 77.5 cm³/mol. The zero-order chi connectivity index (χ0) is 13.1. The first-order valence-electron chi connectivity index (χ1n) is 6.15. The Morgan fingerprint density at radius 3 is 2.78 bits per heavy atom. The molecule has 4 N–H and O–H groups in total. The lowest BCUT2D eigenvalue weighted by Gasteiger charge is -2.22. The van der Waals surface area contributed by atoms with Gasteiger partial charge in [-0.1, -0.05) is 15.9 Å². The number of carbonyl (C=O) groups excluding carboxylic acids is 1. The Balaban J connectivity index is 2.11. The van der Waals surface area contributed by atoms with Crippen LogP contribution in [0.3, 0.4) is 0 Å². The Morgan fingerprint density at radius 2 is 2.11 bits per heavy atom. The lowest BCUT2D eigenvalue weighted by molar-refractivity contribution is -0.120. The summed E-state index contributed by atoms with van der Waals surface area (Å²) in [5.41, 5.74) is 8.28. The molecule has 0 aliphatic carbocycles. The third-order valence-electron chi connectivity index (χ3n) is 3.32. The quantitative estimate of drug-likeness (QED) is 0.734. The molecule has 0 saturated carbocycles. The van der Waals surface area contributed by atoms with E-state index in [0.29, 0.717) is 11.4 Å². The molecule has 1 saturated heterocycles. The van der Waals surface area contributed by atoms with E-state index in [4.69, 9.17) is 5.73 Å². The average Bonchev–Trinajstić information content (AvgIpc) is 2.36. The second-order valence-electron chi connectivity index (χ2n) is 4.70. The minimum absolute atomic E-state index is 0.0701. The highest BCUT2D eigenvalue weighted by atomic mass is 79.9. The van der Waals surface area contributed by atoms with Crippen LogP contribution in [0.1, 0.15) is 18.4 Å². The van der Waals surface area contributed by atoms with Gasteiger partial charge in [-0.25, -0.2) is 0 Å². The first kappa shape index (κ1) is 13.4. The van der Waals surface area contributed by atoms with Crippen LogP contribution in [0.4, 0.5) is 11.4 Å². The highest BCUT2D eigenvalue weighted by Crippen LogP contribution is 2.28. The van der Waals surface area contributed by atoms with E-state index in [2.05, 4.69) is 26.6 Å². The second-order valence-corrected chi connectivity index (χ2v) is 5.61. The predicted octanol–water partition coefficient (Wildman–Crippen LogP) is 2.28. The molecular weight excluding hydrogens is 294 g/mol. The molecule has 2 rings (SSSR count). The van der Waals surface area contributed by atoms with Crippen molar-refractivity contribution in [3.05, 3.63) is 22.2 Å². The molecule has 0 bridgehead atoms. The number of nitrogens with two attached hydrogens (primary N) is 1. The molecule has 1 fully saturated rings. The van der Waals surface area contributed by atoms with Crippen LogP contribution in [-0.4, -0.2) is 19.0 Å². The van der Waals surface area contributed by atoms with Gasteiger partial charge < -0.3 is 16.4 Å². The van der Waals surface area contributed by atoms with Crippen molar-refractivity contribution in [1.82, 2.24) is 5.32 Å². The topological polar surface area (TPSA) is 67.2 Å². The third-order valence-corrected chi connectivity index (χ3v) is 3.78. The number of halogens is 1. The molecule has 18 heavy (non-hydrogen) atoms. The molecular formula is C13H18BrN3O. The molecule has 1 aliphatic heterocycles. The lowest BCUT2D eigenvalue weighted by atomic mass is 9.97. The van der Waals surface area contributed by atoms with E-state index < -0.39 is 0 Å². The zero-order valence-corrected chi connectivity index (χ0v) is 12.0. The van der Waals surface area contributed by atoms with Crippen LogP contribution in [0.15, 0.2) is 16.6 Å². The van der Waals surface area contributed by atoms with Gasteiger partial charge in [0, 0.05) is 10.4 Å². The van der Waals surface area contributed by atoms with Gasteiger partial charge >= 0.3 is 0 Å². The van der Waals surface area contributed by atoms with Crippen molar-refractivity contribution >= 4 is 33.2 Å². The summed E-state index contributed by atoms with van der Waals surface area (Å²) in [5, 5.41) is 6.19. The van der Waals surface area contributed by atoms with Crippen molar-refractivity contribution < 1.29 is 4.79 Å². The number of amides is 1. The summed E-state index contributed by atoms with van der Waals surface area (Å²) in [4.78, 5) is 12.1. The molecule has 0 unspecified atom stereocenters. The van der Waals surface area contributed by atoms with E-state index >= 15 is 0 Å². The smallest absolute Gasteiger partial charge is 0.227 e. The Hall–Kier alpha value is -1.07. The number of hydrogen-bond donors (Lipinski definition) is 3. The summed E-state index contributed by atoms with van der Waals surface area (Å²) < 4.78 is 0.926. The van der Waals surface area contributed by atoms with E-state index in [9.17, 15) is 4.79 Å². The fraction of sp³-hybridized carbons (Fsp3) is 0.462. The largest absolute Gasteiger partial charge is 0.397 e. The number of carbonyl (C=O) groups is 1. The maximum absolute atomic E-state index is 12.1. The van der Waals surface area contributed by atoms with E-state index in [1.165, 1.54) is 0 Å². The fourth-order valence-corrected chi connectivity index (χ4v) is 2.75. The minimum atomic E-state index is 0.0701. The molecule has 1 aliphatic rings. The minimum Gasteiger partial charge on any atom is -0.397 e. The number of benzene rings is 1. The molecule has 0 aromatic heterocycles. The Bertz CT molecular complexity index is 456. The summed E-state index contributed by atoms with van der Waals surface area (Å²) >= 11 is 3.42. The van der Waals surface area contributed by atoms with Gasteiger partial charge in [-0.15, -0.1) is 0 Å². The van der Waals surface area contributed by atoms with Crippen molar-refractivity contribution in [2.24, 2.45) is 5.92 Å². The molecule has 98 valence electrons. The standard InChI is InChI=1S/C13H18BrN3O/c1-8-6-10(14)7-11(12(8)15)17-13(18)9-2-4-16-5-3-9/h6-7,9,16H,2-5,15H2,1H3,(H,17,18). The molecule has 0 radical (unpaired) electrons. The second kappa shape index (κ2) is 5.71. The molecule has 0 spiro atoms. The van der Waals surface area contributed by atoms with Crippen LogP contribution in [0.5, 0.6) is 0 Å². The maximum Gasteiger partial charge on any atom is 0.227 e. The summed E-state index contributed by atoms with van der Waals surface area (Å²) in [5.74, 6) is 0.158. The number of rotatable bonds is 2. The third kappa shape index (κ3) is 3.03. The van der Waals surface area contributed by atoms with Crippen molar-refractivity contribution in [2.75, 3.05) is 24.1 Å². The van der Waals surface area contributed by atoms with Crippen molar-refractivity contribution in [2.45, 2.75) is 19.8 Å². The first-order chi connectivity index (χ1) is 8.58. The van der Waals surface area contributed by atoms with E-state index in [0.717, 1.165) is 36.0 Å². The summed E-state index contributed by atoms with van der Waals surface area (Å²) in [6.45, 7) is 3.75. The number of nitrogens with one attached hydrogen (secondary N) is 2. The first-order valence-corrected chi connectivity index (χ1v) is 6.94. The van der Waals surface area contributed by atoms with Gasteiger partial charge in [-0.2, -0.15) is 0 Å². The van der Waals surface area contributed by atoms with E-state index in [1.807, 2.05) is 19.1 Å². The Morgan fingerprint density at radius 1 is 1.44 bits per heavy atom. The van der Waals surface area contributed by atoms with Gasteiger partial charge in [-0.3, -0.25) is 4.79 Å². The van der Waals surface area contributed by atoms with Gasteiger partial charge in [0.05, 0.1) is 11.4 Å². The van der Waals surface area contributed by atoms with Crippen LogP contribution in [0.25, 0.3) is 0 Å². The SMILES string of the molecule is Cc1cc(Br)cc(NC(=O)C2CCNCC2)c1N. The van der Waals surface area contributed by atoms with Crippen LogP contribution >= 0.6 is 15.9 Å².